The van der Waals surface area contributed by atoms with Crippen molar-refractivity contribution in [1.29, 1.82) is 0 Å². The third-order valence-corrected chi connectivity index (χ3v) is 8.41. The van der Waals surface area contributed by atoms with E-state index in [2.05, 4.69) is 30.4 Å². The Balaban J connectivity index is 1.22. The summed E-state index contributed by atoms with van der Waals surface area (Å²) in [4.78, 5) is 26.5. The van der Waals surface area contributed by atoms with E-state index in [1.54, 1.807) is 13.1 Å². The molecule has 1 aromatic carbocycles. The SMILES string of the molecule is Cc1c(F)c(=O)n(C(C)C)c2nc(Nc3ccc(N4CCC(CCCN5CCNCC5)CC4)c(Cl)c3)ncc12. The predicted molar refractivity (Wildman–Crippen MR) is 157 cm³/mol. The number of benzene rings is 1. The van der Waals surface area contributed by atoms with Crippen LogP contribution in [0.25, 0.3) is 11.0 Å². The molecule has 0 aliphatic carbocycles. The molecule has 4 heterocycles. The molecular weight excluding hydrogens is 517 g/mol. The van der Waals surface area contributed by atoms with Gasteiger partial charge in [-0.25, -0.2) is 9.37 Å². The van der Waals surface area contributed by atoms with E-state index in [0.717, 1.165) is 43.5 Å². The Morgan fingerprint density at radius 2 is 1.92 bits per heavy atom. The summed E-state index contributed by atoms with van der Waals surface area (Å²) in [5.74, 6) is 0.351. The van der Waals surface area contributed by atoms with Gasteiger partial charge in [0.1, 0.15) is 5.65 Å². The second kappa shape index (κ2) is 12.2. The van der Waals surface area contributed by atoms with Gasteiger partial charge in [-0.15, -0.1) is 0 Å². The average Bonchev–Trinajstić information content (AvgIpc) is 2.93. The van der Waals surface area contributed by atoms with Crippen LogP contribution in [-0.4, -0.2) is 65.2 Å². The Labute approximate surface area is 234 Å². The lowest BCUT2D eigenvalue weighted by Crippen LogP contribution is -2.43. The first-order valence-electron chi connectivity index (χ1n) is 14.1. The molecule has 0 bridgehead atoms. The first kappa shape index (κ1) is 27.8. The molecule has 0 radical (unpaired) electrons. The van der Waals surface area contributed by atoms with E-state index < -0.39 is 11.4 Å². The molecule has 210 valence electrons. The number of pyridine rings is 1. The van der Waals surface area contributed by atoms with Gasteiger partial charge in [0.15, 0.2) is 5.82 Å². The molecule has 0 spiro atoms. The number of hydrogen-bond donors (Lipinski definition) is 2. The number of aryl methyl sites for hydroxylation is 1. The maximum Gasteiger partial charge on any atom is 0.288 e. The Bertz CT molecular complexity index is 1360. The Morgan fingerprint density at radius 3 is 2.62 bits per heavy atom. The number of anilines is 3. The molecule has 0 saturated carbocycles. The minimum atomic E-state index is -0.762. The number of fused-ring (bicyclic) bond motifs is 1. The van der Waals surface area contributed by atoms with Crippen molar-refractivity contribution < 1.29 is 4.39 Å². The standard InChI is InChI=1S/C29H39ClFN7O/c1-19(2)38-27-23(20(3)26(31)28(38)39)18-33-29(35-27)34-22-6-7-25(24(30)17-22)37-13-8-21(9-14-37)5-4-12-36-15-10-32-11-16-36/h6-7,17-19,21,32H,4-5,8-16H2,1-3H3,(H,33,34,35). The fourth-order valence-corrected chi connectivity index (χ4v) is 6.11. The lowest BCUT2D eigenvalue weighted by atomic mass is 9.92. The van der Waals surface area contributed by atoms with Crippen LogP contribution < -0.4 is 21.1 Å². The summed E-state index contributed by atoms with van der Waals surface area (Å²) < 4.78 is 15.9. The molecule has 8 nitrogen and oxygen atoms in total. The van der Waals surface area contributed by atoms with Crippen molar-refractivity contribution in [3.8, 4) is 0 Å². The van der Waals surface area contributed by atoms with Gasteiger partial charge < -0.3 is 20.4 Å². The van der Waals surface area contributed by atoms with E-state index in [0.29, 0.717) is 22.0 Å². The highest BCUT2D eigenvalue weighted by Gasteiger charge is 2.22. The zero-order valence-electron chi connectivity index (χ0n) is 23.1. The van der Waals surface area contributed by atoms with Crippen LogP contribution in [-0.2, 0) is 0 Å². The highest BCUT2D eigenvalue weighted by atomic mass is 35.5. The Hall–Kier alpha value is -2.75. The summed E-state index contributed by atoms with van der Waals surface area (Å²) in [7, 11) is 0. The number of aromatic nitrogens is 3. The normalized spacial score (nSPS) is 17.3. The molecule has 5 rings (SSSR count). The molecule has 39 heavy (non-hydrogen) atoms. The average molecular weight is 556 g/mol. The largest absolute Gasteiger partial charge is 0.370 e. The van der Waals surface area contributed by atoms with Gasteiger partial charge in [-0.2, -0.15) is 4.98 Å². The van der Waals surface area contributed by atoms with E-state index in [9.17, 15) is 9.18 Å². The number of hydrogen-bond acceptors (Lipinski definition) is 7. The van der Waals surface area contributed by atoms with Gasteiger partial charge in [-0.1, -0.05) is 11.6 Å². The highest BCUT2D eigenvalue weighted by molar-refractivity contribution is 6.33. The molecule has 10 heteroatoms. The summed E-state index contributed by atoms with van der Waals surface area (Å²) in [6.07, 6.45) is 6.54. The van der Waals surface area contributed by atoms with E-state index in [1.165, 1.54) is 49.9 Å². The molecular formula is C29H39ClFN7O. The Kier molecular flexibility index (Phi) is 8.69. The lowest BCUT2D eigenvalue weighted by Gasteiger charge is -2.35. The number of piperazine rings is 1. The van der Waals surface area contributed by atoms with Crippen molar-refractivity contribution in [2.45, 2.75) is 52.5 Å². The second-order valence-corrected chi connectivity index (χ2v) is 11.5. The number of nitrogens with zero attached hydrogens (tertiary/aromatic N) is 5. The number of rotatable bonds is 8. The van der Waals surface area contributed by atoms with Crippen molar-refractivity contribution in [3.63, 3.8) is 0 Å². The molecule has 2 N–H and O–H groups in total. The van der Waals surface area contributed by atoms with E-state index in [-0.39, 0.29) is 11.6 Å². The fraction of sp³-hybridized carbons (Fsp3) is 0.552. The smallest absolute Gasteiger partial charge is 0.288 e. The van der Waals surface area contributed by atoms with Crippen LogP contribution in [0.2, 0.25) is 5.02 Å². The van der Waals surface area contributed by atoms with Gasteiger partial charge in [0.05, 0.1) is 10.7 Å². The third kappa shape index (κ3) is 6.21. The quantitative estimate of drug-likeness (QED) is 0.399. The molecule has 0 atom stereocenters. The van der Waals surface area contributed by atoms with Crippen LogP contribution >= 0.6 is 11.6 Å². The molecule has 3 aromatic rings. The van der Waals surface area contributed by atoms with Gasteiger partial charge in [0.25, 0.3) is 5.56 Å². The summed E-state index contributed by atoms with van der Waals surface area (Å²) in [6.45, 7) is 13.1. The second-order valence-electron chi connectivity index (χ2n) is 11.1. The lowest BCUT2D eigenvalue weighted by molar-refractivity contribution is 0.227. The summed E-state index contributed by atoms with van der Waals surface area (Å²) >= 11 is 6.74. The Morgan fingerprint density at radius 1 is 1.18 bits per heavy atom. The summed E-state index contributed by atoms with van der Waals surface area (Å²) in [5, 5.41) is 7.82. The van der Waals surface area contributed by atoms with Crippen molar-refractivity contribution in [3.05, 3.63) is 51.2 Å². The molecule has 2 aliphatic heterocycles. The van der Waals surface area contributed by atoms with Crippen molar-refractivity contribution in [2.24, 2.45) is 5.92 Å². The number of nitrogens with one attached hydrogen (secondary N) is 2. The first-order chi connectivity index (χ1) is 18.8. The van der Waals surface area contributed by atoms with Crippen LogP contribution in [0.4, 0.5) is 21.7 Å². The third-order valence-electron chi connectivity index (χ3n) is 8.11. The van der Waals surface area contributed by atoms with Crippen molar-refractivity contribution in [1.82, 2.24) is 24.8 Å². The van der Waals surface area contributed by atoms with Crippen LogP contribution in [0.1, 0.15) is 51.1 Å². The van der Waals surface area contributed by atoms with Gasteiger partial charge in [0, 0.05) is 68.1 Å². The maximum atomic E-state index is 14.5. The van der Waals surface area contributed by atoms with Crippen molar-refractivity contribution >= 4 is 40.0 Å². The molecule has 2 saturated heterocycles. The van der Waals surface area contributed by atoms with Gasteiger partial charge in [-0.3, -0.25) is 9.36 Å². The molecule has 2 aromatic heterocycles. The van der Waals surface area contributed by atoms with Gasteiger partial charge >= 0.3 is 0 Å². The maximum absolute atomic E-state index is 14.5. The van der Waals surface area contributed by atoms with Crippen LogP contribution in [0.15, 0.2) is 29.2 Å². The van der Waals surface area contributed by atoms with E-state index >= 15 is 0 Å². The zero-order chi connectivity index (χ0) is 27.5. The molecule has 0 amide bonds. The van der Waals surface area contributed by atoms with Gasteiger partial charge in [-0.05, 0) is 77.1 Å². The summed E-state index contributed by atoms with van der Waals surface area (Å²) in [6, 6.07) is 5.65. The monoisotopic (exact) mass is 555 g/mol. The minimum absolute atomic E-state index is 0.247. The fourth-order valence-electron chi connectivity index (χ4n) is 5.81. The van der Waals surface area contributed by atoms with E-state index in [4.69, 9.17) is 11.6 Å². The summed E-state index contributed by atoms with van der Waals surface area (Å²) in [5.41, 5.74) is 1.79. The number of halogens is 2. The molecule has 2 fully saturated rings. The molecule has 2 aliphatic rings. The van der Waals surface area contributed by atoms with Crippen LogP contribution in [0, 0.1) is 18.7 Å². The van der Waals surface area contributed by atoms with Crippen molar-refractivity contribution in [2.75, 3.05) is 56.0 Å². The minimum Gasteiger partial charge on any atom is -0.370 e. The first-order valence-corrected chi connectivity index (χ1v) is 14.5. The predicted octanol–water partition coefficient (Wildman–Crippen LogP) is 5.12. The number of piperidine rings is 1. The topological polar surface area (TPSA) is 78.3 Å². The highest BCUT2D eigenvalue weighted by Crippen LogP contribution is 2.33. The van der Waals surface area contributed by atoms with Gasteiger partial charge in [0.2, 0.25) is 5.95 Å². The zero-order valence-corrected chi connectivity index (χ0v) is 23.9. The van der Waals surface area contributed by atoms with Crippen LogP contribution in [0.5, 0.6) is 0 Å². The van der Waals surface area contributed by atoms with Crippen LogP contribution in [0.3, 0.4) is 0 Å². The van der Waals surface area contributed by atoms with E-state index in [1.807, 2.05) is 32.0 Å². The molecule has 0 unspecified atom stereocenters.